The number of halogens is 3. The Morgan fingerprint density at radius 1 is 1.00 bits per heavy atom. The minimum atomic E-state index is -0.265. The third-order valence-electron chi connectivity index (χ3n) is 3.46. The molecule has 1 amide bonds. The van der Waals surface area contributed by atoms with Crippen molar-refractivity contribution in [2.45, 2.75) is 6.54 Å². The molecule has 7 heteroatoms. The third-order valence-corrected chi connectivity index (χ3v) is 4.43. The quantitative estimate of drug-likeness (QED) is 0.721. The highest BCUT2D eigenvalue weighted by molar-refractivity contribution is 6.42. The van der Waals surface area contributed by atoms with E-state index >= 15 is 0 Å². The number of hydrogen-bond acceptors (Lipinski definition) is 2. The first-order valence-corrected chi connectivity index (χ1v) is 8.11. The summed E-state index contributed by atoms with van der Waals surface area (Å²) >= 11 is 17.8. The van der Waals surface area contributed by atoms with Crippen LogP contribution in [-0.2, 0) is 11.3 Å². The fraction of sp³-hybridized carbons (Fsp3) is 0.0588. The maximum absolute atomic E-state index is 12.3. The molecule has 0 saturated heterocycles. The lowest BCUT2D eigenvalue weighted by atomic mass is 10.2. The monoisotopic (exact) mass is 380 g/mol. The third kappa shape index (κ3) is 3.56. The molecule has 0 saturated carbocycles. The van der Waals surface area contributed by atoms with Crippen molar-refractivity contribution < 1.29 is 4.79 Å². The van der Waals surface area contributed by atoms with Crippen molar-refractivity contribution >= 4 is 57.3 Å². The van der Waals surface area contributed by atoms with Crippen molar-refractivity contribution in [3.63, 3.8) is 0 Å². The van der Waals surface area contributed by atoms with E-state index in [-0.39, 0.29) is 17.9 Å². The number of carbonyl (C=O) groups excluding carboxylic acids is 1. The van der Waals surface area contributed by atoms with Crippen molar-refractivity contribution in [1.29, 1.82) is 0 Å². The molecule has 1 aromatic heterocycles. The minimum Gasteiger partial charge on any atom is -0.338 e. The lowest BCUT2D eigenvalue weighted by Gasteiger charge is -2.11. The van der Waals surface area contributed by atoms with E-state index in [4.69, 9.17) is 34.8 Å². The van der Waals surface area contributed by atoms with Crippen molar-refractivity contribution in [1.82, 2.24) is 4.57 Å². The first kappa shape index (κ1) is 16.8. The Labute approximate surface area is 152 Å². The molecule has 0 aliphatic heterocycles. The predicted molar refractivity (Wildman–Crippen MR) is 98.3 cm³/mol. The van der Waals surface area contributed by atoms with Gasteiger partial charge in [0, 0.05) is 28.4 Å². The molecular formula is C17H11Cl3N2O2. The van der Waals surface area contributed by atoms with E-state index < -0.39 is 0 Å². The van der Waals surface area contributed by atoms with Gasteiger partial charge in [-0.25, -0.2) is 0 Å². The smallest absolute Gasteiger partial charge is 0.244 e. The van der Waals surface area contributed by atoms with Crippen LogP contribution in [0.5, 0.6) is 0 Å². The van der Waals surface area contributed by atoms with Crippen LogP contribution in [0.1, 0.15) is 0 Å². The summed E-state index contributed by atoms with van der Waals surface area (Å²) in [5.74, 6) is -0.265. The number of fused-ring (bicyclic) bond motifs is 1. The van der Waals surface area contributed by atoms with Gasteiger partial charge in [-0.2, -0.15) is 0 Å². The number of anilines is 1. The number of carbonyl (C=O) groups is 1. The van der Waals surface area contributed by atoms with E-state index in [1.165, 1.54) is 6.07 Å². The molecule has 0 fully saturated rings. The van der Waals surface area contributed by atoms with E-state index in [1.54, 1.807) is 47.2 Å². The van der Waals surface area contributed by atoms with Gasteiger partial charge < -0.3 is 9.88 Å². The van der Waals surface area contributed by atoms with Crippen LogP contribution in [0.15, 0.2) is 53.5 Å². The largest absolute Gasteiger partial charge is 0.338 e. The molecule has 0 unspecified atom stereocenters. The second kappa shape index (κ2) is 6.85. The number of pyridine rings is 1. The summed E-state index contributed by atoms with van der Waals surface area (Å²) in [6.45, 7) is 0.0252. The molecule has 122 valence electrons. The zero-order valence-electron chi connectivity index (χ0n) is 12.2. The summed E-state index contributed by atoms with van der Waals surface area (Å²) in [6, 6.07) is 11.2. The minimum absolute atomic E-state index is 0.0252. The summed E-state index contributed by atoms with van der Waals surface area (Å²) in [5, 5.41) is 4.50. The molecule has 0 bridgehead atoms. The van der Waals surface area contributed by atoms with Crippen LogP contribution in [0.4, 0.5) is 5.69 Å². The number of amides is 1. The highest BCUT2D eigenvalue weighted by Gasteiger charge is 2.09. The Hall–Kier alpha value is -2.01. The van der Waals surface area contributed by atoms with Gasteiger partial charge in [-0.1, -0.05) is 34.8 Å². The van der Waals surface area contributed by atoms with Gasteiger partial charge in [0.15, 0.2) is 5.43 Å². The number of nitrogens with zero attached hydrogens (tertiary/aromatic N) is 1. The van der Waals surface area contributed by atoms with Crippen LogP contribution < -0.4 is 10.7 Å². The molecule has 0 aliphatic carbocycles. The topological polar surface area (TPSA) is 51.1 Å². The standard InChI is InChI=1S/C17H11Cl3N2O2/c18-10-1-3-12-15(7-10)22(6-5-16(12)23)9-17(24)21-11-2-4-13(19)14(20)8-11/h1-8H,9H2,(H,21,24). The summed E-state index contributed by atoms with van der Waals surface area (Å²) in [4.78, 5) is 24.2. The molecule has 1 N–H and O–H groups in total. The number of hydrogen-bond donors (Lipinski definition) is 1. The number of rotatable bonds is 3. The molecular weight excluding hydrogens is 371 g/mol. The number of nitrogens with one attached hydrogen (secondary N) is 1. The van der Waals surface area contributed by atoms with E-state index in [0.29, 0.717) is 31.7 Å². The Morgan fingerprint density at radius 3 is 2.54 bits per heavy atom. The first-order chi connectivity index (χ1) is 11.4. The maximum Gasteiger partial charge on any atom is 0.244 e. The molecule has 0 spiro atoms. The highest BCUT2D eigenvalue weighted by atomic mass is 35.5. The van der Waals surface area contributed by atoms with Crippen LogP contribution >= 0.6 is 34.8 Å². The van der Waals surface area contributed by atoms with Crippen molar-refractivity contribution in [2.75, 3.05) is 5.32 Å². The SMILES string of the molecule is O=C(Cn1ccc(=O)c2ccc(Cl)cc21)Nc1ccc(Cl)c(Cl)c1. The van der Waals surface area contributed by atoms with Crippen LogP contribution in [0, 0.1) is 0 Å². The second-order valence-electron chi connectivity index (χ2n) is 5.15. The lowest BCUT2D eigenvalue weighted by Crippen LogP contribution is -2.20. The van der Waals surface area contributed by atoms with Crippen molar-refractivity contribution in [2.24, 2.45) is 0 Å². The van der Waals surface area contributed by atoms with Crippen LogP contribution in [0.3, 0.4) is 0 Å². The molecule has 3 aromatic rings. The van der Waals surface area contributed by atoms with E-state index in [1.807, 2.05) is 0 Å². The summed E-state index contributed by atoms with van der Waals surface area (Å²) in [6.07, 6.45) is 1.56. The summed E-state index contributed by atoms with van der Waals surface area (Å²) in [7, 11) is 0. The zero-order valence-corrected chi connectivity index (χ0v) is 14.5. The summed E-state index contributed by atoms with van der Waals surface area (Å²) in [5.41, 5.74) is 1.01. The van der Waals surface area contributed by atoms with Crippen LogP contribution in [0.25, 0.3) is 10.9 Å². The van der Waals surface area contributed by atoms with E-state index in [2.05, 4.69) is 5.32 Å². The Kier molecular flexibility index (Phi) is 4.81. The number of aromatic nitrogens is 1. The second-order valence-corrected chi connectivity index (χ2v) is 6.40. The summed E-state index contributed by atoms with van der Waals surface area (Å²) < 4.78 is 1.66. The lowest BCUT2D eigenvalue weighted by molar-refractivity contribution is -0.116. The van der Waals surface area contributed by atoms with Gasteiger partial charge in [-0.3, -0.25) is 9.59 Å². The Morgan fingerprint density at radius 2 is 1.79 bits per heavy atom. The van der Waals surface area contributed by atoms with Crippen LogP contribution in [-0.4, -0.2) is 10.5 Å². The fourth-order valence-corrected chi connectivity index (χ4v) is 2.81. The normalized spacial score (nSPS) is 10.8. The van der Waals surface area contributed by atoms with Crippen molar-refractivity contribution in [3.8, 4) is 0 Å². The fourth-order valence-electron chi connectivity index (χ4n) is 2.35. The molecule has 2 aromatic carbocycles. The van der Waals surface area contributed by atoms with Gasteiger partial charge in [0.1, 0.15) is 6.54 Å². The van der Waals surface area contributed by atoms with Gasteiger partial charge in [-0.05, 0) is 36.4 Å². The molecule has 3 rings (SSSR count). The van der Waals surface area contributed by atoms with Crippen LogP contribution in [0.2, 0.25) is 15.1 Å². The van der Waals surface area contributed by atoms with Gasteiger partial charge in [0.25, 0.3) is 0 Å². The van der Waals surface area contributed by atoms with E-state index in [0.717, 1.165) is 0 Å². The van der Waals surface area contributed by atoms with Gasteiger partial charge in [-0.15, -0.1) is 0 Å². The average Bonchev–Trinajstić information content (AvgIpc) is 2.53. The molecule has 0 atom stereocenters. The maximum atomic E-state index is 12.3. The van der Waals surface area contributed by atoms with E-state index in [9.17, 15) is 9.59 Å². The van der Waals surface area contributed by atoms with Gasteiger partial charge in [0.05, 0.1) is 15.6 Å². The first-order valence-electron chi connectivity index (χ1n) is 6.97. The average molecular weight is 382 g/mol. The zero-order chi connectivity index (χ0) is 17.3. The molecule has 0 aliphatic rings. The highest BCUT2D eigenvalue weighted by Crippen LogP contribution is 2.25. The Balaban J connectivity index is 1.88. The molecule has 0 radical (unpaired) electrons. The molecule has 1 heterocycles. The van der Waals surface area contributed by atoms with Gasteiger partial charge >= 0.3 is 0 Å². The predicted octanol–water partition coefficient (Wildman–Crippen LogP) is 4.60. The van der Waals surface area contributed by atoms with Crippen molar-refractivity contribution in [3.05, 3.63) is 74.0 Å². The molecule has 4 nitrogen and oxygen atoms in total. The number of benzene rings is 2. The van der Waals surface area contributed by atoms with Gasteiger partial charge in [0.2, 0.25) is 5.91 Å². The Bertz CT molecular complexity index is 999. The molecule has 24 heavy (non-hydrogen) atoms.